The topological polar surface area (TPSA) is 61.8 Å². The van der Waals surface area contributed by atoms with E-state index in [4.69, 9.17) is 28.2 Å². The molecule has 5 nitrogen and oxygen atoms in total. The molecule has 0 unspecified atom stereocenters. The highest BCUT2D eigenvalue weighted by Crippen LogP contribution is 2.34. The first kappa shape index (κ1) is 25.9. The fraction of sp³-hybridized carbons (Fsp3) is 0.276. The van der Waals surface area contributed by atoms with E-state index >= 15 is 0 Å². The normalized spacial score (nSPS) is 16.2. The van der Waals surface area contributed by atoms with E-state index in [0.29, 0.717) is 38.3 Å². The second-order valence-corrected chi connectivity index (χ2v) is 10.1. The predicted molar refractivity (Wildman–Crippen MR) is 149 cm³/mol. The number of halogens is 2. The molecule has 0 fully saturated rings. The number of nitrogens with zero attached hydrogens (tertiary/aromatic N) is 2. The van der Waals surface area contributed by atoms with Crippen LogP contribution in [-0.4, -0.2) is 30.1 Å². The van der Waals surface area contributed by atoms with Gasteiger partial charge in [-0.05, 0) is 67.3 Å². The van der Waals surface area contributed by atoms with Crippen LogP contribution in [0.1, 0.15) is 42.5 Å². The van der Waals surface area contributed by atoms with Crippen LogP contribution >= 0.6 is 23.2 Å². The van der Waals surface area contributed by atoms with Crippen LogP contribution in [0.4, 0.5) is 11.4 Å². The van der Waals surface area contributed by atoms with Gasteiger partial charge < -0.3 is 10.2 Å². The number of hydrogen-bond acceptors (Lipinski definition) is 3. The van der Waals surface area contributed by atoms with Gasteiger partial charge in [-0.2, -0.15) is 0 Å². The van der Waals surface area contributed by atoms with Crippen molar-refractivity contribution >= 4 is 52.1 Å². The van der Waals surface area contributed by atoms with Crippen LogP contribution in [-0.2, 0) is 9.59 Å². The summed E-state index contributed by atoms with van der Waals surface area (Å²) >= 11 is 13.0. The molecule has 36 heavy (non-hydrogen) atoms. The van der Waals surface area contributed by atoms with Gasteiger partial charge in [-0.3, -0.25) is 14.6 Å². The highest BCUT2D eigenvalue weighted by atomic mass is 35.5. The van der Waals surface area contributed by atoms with E-state index in [-0.39, 0.29) is 24.3 Å². The first-order valence-electron chi connectivity index (χ1n) is 12.0. The third-order valence-corrected chi connectivity index (χ3v) is 7.26. The molecule has 0 saturated carbocycles. The summed E-state index contributed by atoms with van der Waals surface area (Å²) in [6, 6.07) is 17.7. The molecule has 0 bridgehead atoms. The summed E-state index contributed by atoms with van der Waals surface area (Å²) in [6.07, 6.45) is 0.746. The van der Waals surface area contributed by atoms with Crippen molar-refractivity contribution in [3.63, 3.8) is 0 Å². The number of carbonyl (C=O) groups excluding carboxylic acids is 2. The van der Waals surface area contributed by atoms with Crippen LogP contribution in [0.2, 0.25) is 10.0 Å². The first-order chi connectivity index (χ1) is 17.2. The number of nitrogens with one attached hydrogen (secondary N) is 1. The van der Waals surface area contributed by atoms with E-state index in [1.54, 1.807) is 24.3 Å². The average molecular weight is 522 g/mol. The number of fused-ring (bicyclic) bond motifs is 1. The van der Waals surface area contributed by atoms with Crippen molar-refractivity contribution in [1.29, 1.82) is 0 Å². The van der Waals surface area contributed by atoms with Crippen LogP contribution in [0.25, 0.3) is 0 Å². The number of amides is 2. The van der Waals surface area contributed by atoms with Crippen molar-refractivity contribution in [3.05, 3.63) is 93.0 Å². The smallest absolute Gasteiger partial charge is 0.252 e. The number of aryl methyl sites for hydroxylation is 2. The molecule has 186 valence electrons. The Kier molecular flexibility index (Phi) is 7.82. The monoisotopic (exact) mass is 521 g/mol. The maximum atomic E-state index is 13.9. The lowest BCUT2D eigenvalue weighted by Gasteiger charge is -2.26. The molecule has 1 aliphatic heterocycles. The zero-order valence-electron chi connectivity index (χ0n) is 20.8. The van der Waals surface area contributed by atoms with Crippen molar-refractivity contribution in [2.45, 2.75) is 40.2 Å². The molecule has 0 saturated heterocycles. The molecule has 2 atom stereocenters. The van der Waals surface area contributed by atoms with Crippen LogP contribution in [0, 0.1) is 19.8 Å². The minimum absolute atomic E-state index is 0.0509. The lowest BCUT2D eigenvalue weighted by Crippen LogP contribution is -2.44. The largest absolute Gasteiger partial charge is 0.325 e. The Labute approximate surface area is 222 Å². The quantitative estimate of drug-likeness (QED) is 0.385. The number of rotatable bonds is 6. The highest BCUT2D eigenvalue weighted by Gasteiger charge is 2.36. The van der Waals surface area contributed by atoms with Gasteiger partial charge >= 0.3 is 0 Å². The van der Waals surface area contributed by atoms with Gasteiger partial charge in [-0.25, -0.2) is 0 Å². The van der Waals surface area contributed by atoms with E-state index in [1.165, 1.54) is 4.90 Å². The Bertz CT molecular complexity index is 1350. The molecule has 3 aromatic rings. The maximum Gasteiger partial charge on any atom is 0.252 e. The molecule has 1 N–H and O–H groups in total. The minimum Gasteiger partial charge on any atom is -0.325 e. The molecule has 3 aromatic carbocycles. The van der Waals surface area contributed by atoms with E-state index in [9.17, 15) is 9.59 Å². The Morgan fingerprint density at radius 3 is 2.47 bits per heavy atom. The molecule has 0 aliphatic carbocycles. The maximum absolute atomic E-state index is 13.9. The lowest BCUT2D eigenvalue weighted by atomic mass is 9.97. The Morgan fingerprint density at radius 2 is 1.78 bits per heavy atom. The summed E-state index contributed by atoms with van der Waals surface area (Å²) in [4.78, 5) is 33.6. The van der Waals surface area contributed by atoms with E-state index in [0.717, 1.165) is 17.5 Å². The molecule has 0 aromatic heterocycles. The zero-order chi connectivity index (χ0) is 26.0. The summed E-state index contributed by atoms with van der Waals surface area (Å²) in [6.45, 7) is 7.87. The van der Waals surface area contributed by atoms with Crippen molar-refractivity contribution in [2.24, 2.45) is 10.9 Å². The van der Waals surface area contributed by atoms with Crippen LogP contribution < -0.4 is 10.2 Å². The second-order valence-electron chi connectivity index (χ2n) is 9.22. The lowest BCUT2D eigenvalue weighted by molar-refractivity contribution is -0.123. The van der Waals surface area contributed by atoms with Crippen LogP contribution in [0.15, 0.2) is 65.7 Å². The fourth-order valence-electron chi connectivity index (χ4n) is 4.26. The summed E-state index contributed by atoms with van der Waals surface area (Å²) in [7, 11) is 0. The molecule has 7 heteroatoms. The van der Waals surface area contributed by atoms with Gasteiger partial charge in [0.2, 0.25) is 5.91 Å². The zero-order valence-corrected chi connectivity index (χ0v) is 22.3. The van der Waals surface area contributed by atoms with Gasteiger partial charge in [0.05, 0.1) is 11.4 Å². The van der Waals surface area contributed by atoms with Crippen LogP contribution in [0.3, 0.4) is 0 Å². The van der Waals surface area contributed by atoms with E-state index < -0.39 is 6.04 Å². The minimum atomic E-state index is -0.679. The number of hydrogen-bond donors (Lipinski definition) is 1. The molecule has 0 spiro atoms. The Hall–Kier alpha value is -3.15. The van der Waals surface area contributed by atoms with Crippen molar-refractivity contribution in [3.8, 4) is 0 Å². The number of benzodiazepines with no additional fused rings is 1. The van der Waals surface area contributed by atoms with Gasteiger partial charge in [0.1, 0.15) is 12.6 Å². The fourth-order valence-corrected chi connectivity index (χ4v) is 4.66. The number of benzene rings is 3. The SMILES string of the molecule is CC[C@@H](C)[C@@H]1N=C(c2ccccc2Cl)c2cc(Cl)ccc2N(CC(=O)Nc2ccc(C)c(C)c2)C1=O. The van der Waals surface area contributed by atoms with Crippen molar-refractivity contribution < 1.29 is 9.59 Å². The van der Waals surface area contributed by atoms with Gasteiger partial charge in [0.15, 0.2) is 0 Å². The summed E-state index contributed by atoms with van der Waals surface area (Å²) in [5, 5.41) is 3.96. The summed E-state index contributed by atoms with van der Waals surface area (Å²) in [5.41, 5.74) is 5.44. The first-order valence-corrected chi connectivity index (χ1v) is 12.8. The molecule has 4 rings (SSSR count). The molecule has 0 radical (unpaired) electrons. The molecular formula is C29H29Cl2N3O2. The average Bonchev–Trinajstić information content (AvgIpc) is 2.96. The number of aliphatic imine (C=N–C) groups is 1. The Morgan fingerprint density at radius 1 is 1.03 bits per heavy atom. The third-order valence-electron chi connectivity index (χ3n) is 6.70. The van der Waals surface area contributed by atoms with Gasteiger partial charge in [-0.15, -0.1) is 0 Å². The number of carbonyl (C=O) groups is 2. The van der Waals surface area contributed by atoms with Gasteiger partial charge in [0, 0.05) is 26.9 Å². The van der Waals surface area contributed by atoms with Crippen LogP contribution in [0.5, 0.6) is 0 Å². The van der Waals surface area contributed by atoms with E-state index in [1.807, 2.05) is 64.1 Å². The molecule has 2 amide bonds. The standard InChI is InChI=1S/C29H29Cl2N3O2/c1-5-17(2)27-29(36)34(16-26(35)32-21-12-10-18(3)19(4)14-21)25-13-11-20(30)15-23(25)28(33-27)22-8-6-7-9-24(22)31/h6-15,17,27H,5,16H2,1-4H3,(H,32,35)/t17-,27+/m1/s1. The summed E-state index contributed by atoms with van der Waals surface area (Å²) in [5.74, 6) is -0.577. The second kappa shape index (κ2) is 10.9. The Balaban J connectivity index is 1.79. The van der Waals surface area contributed by atoms with E-state index in [2.05, 4.69) is 5.32 Å². The third kappa shape index (κ3) is 5.32. The molecule has 1 aliphatic rings. The van der Waals surface area contributed by atoms with Crippen molar-refractivity contribution in [1.82, 2.24) is 0 Å². The van der Waals surface area contributed by atoms with Gasteiger partial charge in [0.25, 0.3) is 5.91 Å². The summed E-state index contributed by atoms with van der Waals surface area (Å²) < 4.78 is 0. The highest BCUT2D eigenvalue weighted by molar-refractivity contribution is 6.37. The molecule has 1 heterocycles. The van der Waals surface area contributed by atoms with Crippen molar-refractivity contribution in [2.75, 3.05) is 16.8 Å². The predicted octanol–water partition coefficient (Wildman–Crippen LogP) is 6.85. The molecular weight excluding hydrogens is 493 g/mol. The number of anilines is 2. The van der Waals surface area contributed by atoms with Gasteiger partial charge in [-0.1, -0.05) is 67.7 Å².